The predicted molar refractivity (Wildman–Crippen MR) is 65.4 cm³/mol. The molecule has 1 N–H and O–H groups in total. The second-order valence-electron chi connectivity index (χ2n) is 4.27. The molecule has 88 valence electrons. The predicted octanol–water partition coefficient (Wildman–Crippen LogP) is 2.70. The van der Waals surface area contributed by atoms with Crippen LogP contribution in [-0.4, -0.2) is 7.05 Å². The van der Waals surface area contributed by atoms with E-state index in [2.05, 4.69) is 23.5 Å². The van der Waals surface area contributed by atoms with E-state index in [0.717, 1.165) is 30.2 Å². The molecule has 3 nitrogen and oxygen atoms in total. The minimum atomic E-state index is 0.716. The summed E-state index contributed by atoms with van der Waals surface area (Å²) in [6.07, 6.45) is 0. The van der Waals surface area contributed by atoms with Crippen molar-refractivity contribution in [3.05, 3.63) is 47.2 Å². The normalized spacial score (nSPS) is 13.9. The van der Waals surface area contributed by atoms with Gasteiger partial charge in [-0.2, -0.15) is 0 Å². The highest BCUT2D eigenvalue weighted by atomic mass is 16.5. The number of rotatable bonds is 3. The van der Waals surface area contributed by atoms with Crippen molar-refractivity contribution in [3.63, 3.8) is 0 Å². The van der Waals surface area contributed by atoms with Crippen molar-refractivity contribution in [1.82, 2.24) is 5.32 Å². The van der Waals surface area contributed by atoms with E-state index in [9.17, 15) is 0 Å². The lowest BCUT2D eigenvalue weighted by molar-refractivity contribution is 0.134. The third-order valence-electron chi connectivity index (χ3n) is 3.02. The van der Waals surface area contributed by atoms with Crippen LogP contribution in [0.25, 0.3) is 11.3 Å². The number of hydrogen-bond acceptors (Lipinski definition) is 3. The molecule has 0 spiro atoms. The molecule has 1 aliphatic rings. The Bertz CT molecular complexity index is 531. The number of fused-ring (bicyclic) bond motifs is 1. The van der Waals surface area contributed by atoms with E-state index in [4.69, 9.17) is 9.15 Å². The highest BCUT2D eigenvalue weighted by Crippen LogP contribution is 2.28. The van der Waals surface area contributed by atoms with Crippen molar-refractivity contribution < 1.29 is 9.15 Å². The van der Waals surface area contributed by atoms with Crippen LogP contribution in [0.1, 0.15) is 16.9 Å². The van der Waals surface area contributed by atoms with Crippen LogP contribution in [0.15, 0.2) is 34.7 Å². The zero-order chi connectivity index (χ0) is 11.7. The number of ether oxygens (including phenoxy) is 1. The highest BCUT2D eigenvalue weighted by Gasteiger charge is 2.13. The molecule has 0 aliphatic carbocycles. The molecule has 1 aromatic carbocycles. The van der Waals surface area contributed by atoms with Gasteiger partial charge in [0.25, 0.3) is 0 Å². The van der Waals surface area contributed by atoms with Crippen LogP contribution in [0.4, 0.5) is 0 Å². The zero-order valence-corrected chi connectivity index (χ0v) is 9.82. The van der Waals surface area contributed by atoms with Crippen LogP contribution in [-0.2, 0) is 24.5 Å². The SMILES string of the molecule is CNCc1ccc(-c2ccc3c(c2)COC3)o1. The largest absolute Gasteiger partial charge is 0.460 e. The summed E-state index contributed by atoms with van der Waals surface area (Å²) in [6, 6.07) is 10.4. The van der Waals surface area contributed by atoms with Crippen LogP contribution in [0, 0.1) is 0 Å². The number of nitrogens with one attached hydrogen (secondary N) is 1. The molecule has 0 bridgehead atoms. The van der Waals surface area contributed by atoms with E-state index in [0.29, 0.717) is 6.61 Å². The standard InChI is InChI=1S/C14H15NO2/c1-15-7-13-4-5-14(17-13)10-2-3-11-8-16-9-12(11)6-10/h2-6,15H,7-9H2,1H3. The minimum Gasteiger partial charge on any atom is -0.460 e. The molecule has 17 heavy (non-hydrogen) atoms. The fourth-order valence-corrected chi connectivity index (χ4v) is 2.13. The molecule has 0 unspecified atom stereocenters. The first-order chi connectivity index (χ1) is 8.36. The van der Waals surface area contributed by atoms with Gasteiger partial charge in [0.05, 0.1) is 19.8 Å². The number of hydrogen-bond donors (Lipinski definition) is 1. The molecule has 3 rings (SSSR count). The van der Waals surface area contributed by atoms with Crippen molar-refractivity contribution in [2.75, 3.05) is 7.05 Å². The Balaban J connectivity index is 1.92. The molecule has 0 fully saturated rings. The summed E-state index contributed by atoms with van der Waals surface area (Å²) in [6.45, 7) is 2.21. The molecule has 0 saturated carbocycles. The minimum absolute atomic E-state index is 0.716. The van der Waals surface area contributed by atoms with Crippen molar-refractivity contribution in [2.45, 2.75) is 19.8 Å². The van der Waals surface area contributed by atoms with Gasteiger partial charge in [-0.3, -0.25) is 0 Å². The third kappa shape index (κ3) is 1.99. The lowest BCUT2D eigenvalue weighted by atomic mass is 10.1. The Labute approximate surface area is 100 Å². The maximum atomic E-state index is 5.77. The zero-order valence-electron chi connectivity index (χ0n) is 9.82. The Kier molecular flexibility index (Phi) is 2.71. The molecule has 0 radical (unpaired) electrons. The van der Waals surface area contributed by atoms with Gasteiger partial charge >= 0.3 is 0 Å². The molecule has 0 atom stereocenters. The van der Waals surface area contributed by atoms with E-state index in [1.807, 2.05) is 19.2 Å². The van der Waals surface area contributed by atoms with Gasteiger partial charge < -0.3 is 14.5 Å². The summed E-state index contributed by atoms with van der Waals surface area (Å²) in [5.74, 6) is 1.88. The van der Waals surface area contributed by atoms with Crippen LogP contribution < -0.4 is 5.32 Å². The van der Waals surface area contributed by atoms with E-state index in [1.165, 1.54) is 11.1 Å². The smallest absolute Gasteiger partial charge is 0.134 e. The van der Waals surface area contributed by atoms with E-state index >= 15 is 0 Å². The summed E-state index contributed by atoms with van der Waals surface area (Å²) in [5.41, 5.74) is 3.68. The number of furan rings is 1. The Morgan fingerprint density at radius 3 is 2.88 bits per heavy atom. The molecule has 0 saturated heterocycles. The highest BCUT2D eigenvalue weighted by molar-refractivity contribution is 5.60. The van der Waals surface area contributed by atoms with Crippen LogP contribution >= 0.6 is 0 Å². The van der Waals surface area contributed by atoms with Crippen molar-refractivity contribution in [1.29, 1.82) is 0 Å². The average Bonchev–Trinajstić information content (AvgIpc) is 2.96. The van der Waals surface area contributed by atoms with Crippen molar-refractivity contribution in [2.24, 2.45) is 0 Å². The van der Waals surface area contributed by atoms with Gasteiger partial charge in [0.2, 0.25) is 0 Å². The van der Waals surface area contributed by atoms with Crippen LogP contribution in [0.5, 0.6) is 0 Å². The summed E-state index contributed by atoms with van der Waals surface area (Å²) in [5, 5.41) is 3.08. The lowest BCUT2D eigenvalue weighted by Crippen LogP contribution is -2.03. The van der Waals surface area contributed by atoms with Gasteiger partial charge in [-0.25, -0.2) is 0 Å². The maximum Gasteiger partial charge on any atom is 0.134 e. The molecular formula is C14H15NO2. The monoisotopic (exact) mass is 229 g/mol. The summed E-state index contributed by atoms with van der Waals surface area (Å²) < 4.78 is 11.2. The van der Waals surface area contributed by atoms with E-state index < -0.39 is 0 Å². The molecule has 2 aromatic rings. The first-order valence-electron chi connectivity index (χ1n) is 5.80. The summed E-state index contributed by atoms with van der Waals surface area (Å²) in [4.78, 5) is 0. The molecule has 2 heterocycles. The van der Waals surface area contributed by atoms with Gasteiger partial charge in [0, 0.05) is 5.56 Å². The van der Waals surface area contributed by atoms with Gasteiger partial charge in [0.1, 0.15) is 11.5 Å². The van der Waals surface area contributed by atoms with E-state index in [1.54, 1.807) is 0 Å². The maximum absolute atomic E-state index is 5.77. The Hall–Kier alpha value is -1.58. The van der Waals surface area contributed by atoms with Crippen LogP contribution in [0.3, 0.4) is 0 Å². The second kappa shape index (κ2) is 4.35. The second-order valence-corrected chi connectivity index (χ2v) is 4.27. The Morgan fingerprint density at radius 2 is 2.00 bits per heavy atom. The summed E-state index contributed by atoms with van der Waals surface area (Å²) in [7, 11) is 1.91. The number of benzene rings is 1. The molecular weight excluding hydrogens is 214 g/mol. The Morgan fingerprint density at radius 1 is 1.12 bits per heavy atom. The summed E-state index contributed by atoms with van der Waals surface area (Å²) >= 11 is 0. The fraction of sp³-hybridized carbons (Fsp3) is 0.286. The van der Waals surface area contributed by atoms with Gasteiger partial charge in [0.15, 0.2) is 0 Å². The van der Waals surface area contributed by atoms with E-state index in [-0.39, 0.29) is 0 Å². The fourth-order valence-electron chi connectivity index (χ4n) is 2.13. The van der Waals surface area contributed by atoms with Crippen LogP contribution in [0.2, 0.25) is 0 Å². The molecule has 1 aliphatic heterocycles. The van der Waals surface area contributed by atoms with Crippen molar-refractivity contribution in [3.8, 4) is 11.3 Å². The topological polar surface area (TPSA) is 34.4 Å². The van der Waals surface area contributed by atoms with Crippen molar-refractivity contribution >= 4 is 0 Å². The first kappa shape index (κ1) is 10.6. The third-order valence-corrected chi connectivity index (χ3v) is 3.02. The van der Waals surface area contributed by atoms with Gasteiger partial charge in [-0.05, 0) is 36.4 Å². The molecule has 3 heteroatoms. The lowest BCUT2D eigenvalue weighted by Gasteiger charge is -2.01. The first-order valence-corrected chi connectivity index (χ1v) is 5.80. The van der Waals surface area contributed by atoms with Gasteiger partial charge in [-0.1, -0.05) is 12.1 Å². The average molecular weight is 229 g/mol. The van der Waals surface area contributed by atoms with Gasteiger partial charge in [-0.15, -0.1) is 0 Å². The molecule has 1 aromatic heterocycles. The molecule has 0 amide bonds. The quantitative estimate of drug-likeness (QED) is 0.878.